The molecule has 1 aromatic heterocycles. The molecule has 0 radical (unpaired) electrons. The van der Waals surface area contributed by atoms with Crippen LogP contribution in [-0.2, 0) is 11.3 Å². The number of nitrogens with one attached hydrogen (secondary N) is 1. The molecular formula is C16H27N3O3. The van der Waals surface area contributed by atoms with Crippen LogP contribution >= 0.6 is 0 Å². The average Bonchev–Trinajstić information content (AvgIpc) is 2.83. The predicted molar refractivity (Wildman–Crippen MR) is 83.7 cm³/mol. The molecule has 0 unspecified atom stereocenters. The highest BCUT2D eigenvalue weighted by molar-refractivity contribution is 5.92. The third-order valence-electron chi connectivity index (χ3n) is 4.26. The van der Waals surface area contributed by atoms with Gasteiger partial charge in [-0.25, -0.2) is 0 Å². The fraction of sp³-hybridized carbons (Fsp3) is 0.750. The summed E-state index contributed by atoms with van der Waals surface area (Å²) in [5, 5.41) is 16.9. The molecule has 1 atom stereocenters. The lowest BCUT2D eigenvalue weighted by molar-refractivity contribution is 0.0231. The summed E-state index contributed by atoms with van der Waals surface area (Å²) in [5.41, 5.74) is 1.41. The molecule has 0 aliphatic heterocycles. The first-order chi connectivity index (χ1) is 10.5. The molecule has 22 heavy (non-hydrogen) atoms. The third-order valence-corrected chi connectivity index (χ3v) is 4.26. The van der Waals surface area contributed by atoms with E-state index in [4.69, 9.17) is 4.74 Å². The summed E-state index contributed by atoms with van der Waals surface area (Å²) in [6.07, 6.45) is 2.23. The Morgan fingerprint density at radius 1 is 1.55 bits per heavy atom. The summed E-state index contributed by atoms with van der Waals surface area (Å²) in [6.45, 7) is 7.67. The van der Waals surface area contributed by atoms with E-state index in [2.05, 4.69) is 17.3 Å². The van der Waals surface area contributed by atoms with Gasteiger partial charge in [0.15, 0.2) is 0 Å². The maximum atomic E-state index is 12.5. The molecule has 0 aromatic carbocycles. The summed E-state index contributed by atoms with van der Waals surface area (Å²) in [5.74, 6) is 0.287. The standard InChI is InChI=1S/C16H27N3O3/c1-4-14(12-9-13(20)10-12)17-16(21)15-8-11(3)18-19(15)6-7-22-5-2/h8,12-14,20H,4-7,9-10H2,1-3H3,(H,17,21)/t12?,13?,14-/m0/s1. The van der Waals surface area contributed by atoms with Crippen molar-refractivity contribution in [1.29, 1.82) is 0 Å². The normalized spacial score (nSPS) is 22.2. The molecule has 1 aromatic rings. The Morgan fingerprint density at radius 2 is 2.27 bits per heavy atom. The zero-order chi connectivity index (χ0) is 16.1. The van der Waals surface area contributed by atoms with Crippen LogP contribution in [0.2, 0.25) is 0 Å². The van der Waals surface area contributed by atoms with E-state index in [1.54, 1.807) is 4.68 Å². The van der Waals surface area contributed by atoms with E-state index in [-0.39, 0.29) is 18.1 Å². The Balaban J connectivity index is 1.98. The van der Waals surface area contributed by atoms with Crippen LogP contribution in [0.4, 0.5) is 0 Å². The third kappa shape index (κ3) is 4.08. The summed E-state index contributed by atoms with van der Waals surface area (Å²) in [4.78, 5) is 12.5. The number of aryl methyl sites for hydroxylation is 1. The van der Waals surface area contributed by atoms with Crippen LogP contribution in [0.15, 0.2) is 6.07 Å². The van der Waals surface area contributed by atoms with Crippen LogP contribution in [0.25, 0.3) is 0 Å². The number of hydrogen-bond donors (Lipinski definition) is 2. The topological polar surface area (TPSA) is 76.4 Å². The molecule has 0 saturated heterocycles. The maximum absolute atomic E-state index is 12.5. The first-order valence-electron chi connectivity index (χ1n) is 8.16. The number of carbonyl (C=O) groups excluding carboxylic acids is 1. The molecule has 1 saturated carbocycles. The molecule has 0 spiro atoms. The zero-order valence-corrected chi connectivity index (χ0v) is 13.7. The van der Waals surface area contributed by atoms with E-state index >= 15 is 0 Å². The van der Waals surface area contributed by atoms with Gasteiger partial charge in [0, 0.05) is 12.6 Å². The van der Waals surface area contributed by atoms with Crippen LogP contribution in [0.1, 0.15) is 49.3 Å². The van der Waals surface area contributed by atoms with Gasteiger partial charge in [0.1, 0.15) is 5.69 Å². The van der Waals surface area contributed by atoms with E-state index in [1.165, 1.54) is 0 Å². The van der Waals surface area contributed by atoms with Crippen molar-refractivity contribution in [2.24, 2.45) is 5.92 Å². The minimum Gasteiger partial charge on any atom is -0.393 e. The largest absolute Gasteiger partial charge is 0.393 e. The second-order valence-corrected chi connectivity index (χ2v) is 5.96. The Morgan fingerprint density at radius 3 is 2.86 bits per heavy atom. The highest BCUT2D eigenvalue weighted by Gasteiger charge is 2.34. The number of rotatable bonds is 8. The number of nitrogens with zero attached hydrogens (tertiary/aromatic N) is 2. The van der Waals surface area contributed by atoms with E-state index in [1.807, 2.05) is 19.9 Å². The van der Waals surface area contributed by atoms with Gasteiger partial charge in [0.05, 0.1) is 24.9 Å². The van der Waals surface area contributed by atoms with Gasteiger partial charge in [-0.15, -0.1) is 0 Å². The molecule has 6 heteroatoms. The zero-order valence-electron chi connectivity index (χ0n) is 13.7. The van der Waals surface area contributed by atoms with Gasteiger partial charge in [-0.05, 0) is 45.1 Å². The van der Waals surface area contributed by atoms with Crippen molar-refractivity contribution in [3.8, 4) is 0 Å². The molecule has 1 fully saturated rings. The van der Waals surface area contributed by atoms with Gasteiger partial charge in [-0.1, -0.05) is 6.92 Å². The lowest BCUT2D eigenvalue weighted by Crippen LogP contribution is -2.47. The summed E-state index contributed by atoms with van der Waals surface area (Å²) in [6, 6.07) is 1.93. The monoisotopic (exact) mass is 309 g/mol. The molecule has 1 aliphatic rings. The second kappa shape index (κ2) is 7.74. The molecule has 2 rings (SSSR count). The number of carbonyl (C=O) groups is 1. The van der Waals surface area contributed by atoms with Gasteiger partial charge < -0.3 is 15.2 Å². The van der Waals surface area contributed by atoms with Gasteiger partial charge in [-0.3, -0.25) is 9.48 Å². The molecule has 124 valence electrons. The van der Waals surface area contributed by atoms with Crippen LogP contribution in [0, 0.1) is 12.8 Å². The first kappa shape index (κ1) is 17.0. The quantitative estimate of drug-likeness (QED) is 0.714. The van der Waals surface area contributed by atoms with Gasteiger partial charge in [-0.2, -0.15) is 5.10 Å². The van der Waals surface area contributed by atoms with Crippen molar-refractivity contribution in [1.82, 2.24) is 15.1 Å². The Hall–Kier alpha value is -1.40. The number of ether oxygens (including phenoxy) is 1. The van der Waals surface area contributed by atoms with Crippen molar-refractivity contribution in [2.75, 3.05) is 13.2 Å². The molecule has 1 amide bonds. The lowest BCUT2D eigenvalue weighted by Gasteiger charge is -2.37. The molecule has 0 bridgehead atoms. The van der Waals surface area contributed by atoms with Gasteiger partial charge in [0.2, 0.25) is 0 Å². The second-order valence-electron chi connectivity index (χ2n) is 5.96. The first-order valence-corrected chi connectivity index (χ1v) is 8.16. The number of hydrogen-bond acceptors (Lipinski definition) is 4. The Bertz CT molecular complexity index is 495. The lowest BCUT2D eigenvalue weighted by atomic mass is 9.76. The summed E-state index contributed by atoms with van der Waals surface area (Å²) >= 11 is 0. The molecule has 2 N–H and O–H groups in total. The van der Waals surface area contributed by atoms with Gasteiger partial charge in [0.25, 0.3) is 5.91 Å². The van der Waals surface area contributed by atoms with Crippen LogP contribution < -0.4 is 5.32 Å². The SMILES string of the molecule is CCOCCn1nc(C)cc1C(=O)N[C@@H](CC)C1CC(O)C1. The smallest absolute Gasteiger partial charge is 0.269 e. The van der Waals surface area contributed by atoms with Crippen LogP contribution in [0.5, 0.6) is 0 Å². The average molecular weight is 309 g/mol. The predicted octanol–water partition coefficient (Wildman–Crippen LogP) is 1.51. The summed E-state index contributed by atoms with van der Waals surface area (Å²) in [7, 11) is 0. The molecule has 1 aliphatic carbocycles. The molecular weight excluding hydrogens is 282 g/mol. The van der Waals surface area contributed by atoms with E-state index in [0.29, 0.717) is 31.4 Å². The van der Waals surface area contributed by atoms with Crippen molar-refractivity contribution < 1.29 is 14.6 Å². The van der Waals surface area contributed by atoms with Crippen LogP contribution in [0.3, 0.4) is 0 Å². The highest BCUT2D eigenvalue weighted by atomic mass is 16.5. The van der Waals surface area contributed by atoms with E-state index in [0.717, 1.165) is 25.0 Å². The summed E-state index contributed by atoms with van der Waals surface area (Å²) < 4.78 is 7.05. The number of aromatic nitrogens is 2. The van der Waals surface area contributed by atoms with Crippen molar-refractivity contribution in [3.63, 3.8) is 0 Å². The van der Waals surface area contributed by atoms with Crippen LogP contribution in [-0.4, -0.2) is 46.2 Å². The highest BCUT2D eigenvalue weighted by Crippen LogP contribution is 2.31. The van der Waals surface area contributed by atoms with Gasteiger partial charge >= 0.3 is 0 Å². The number of amides is 1. The van der Waals surface area contributed by atoms with E-state index < -0.39 is 0 Å². The Kier molecular flexibility index (Phi) is 5.97. The Labute approximate surface area is 131 Å². The maximum Gasteiger partial charge on any atom is 0.269 e. The van der Waals surface area contributed by atoms with Crippen molar-refractivity contribution in [2.45, 2.75) is 58.7 Å². The van der Waals surface area contributed by atoms with Crippen molar-refractivity contribution in [3.05, 3.63) is 17.5 Å². The van der Waals surface area contributed by atoms with E-state index in [9.17, 15) is 9.90 Å². The number of aliphatic hydroxyl groups is 1. The number of aliphatic hydroxyl groups excluding tert-OH is 1. The van der Waals surface area contributed by atoms with Crippen molar-refractivity contribution >= 4 is 5.91 Å². The molecule has 6 nitrogen and oxygen atoms in total. The fourth-order valence-electron chi connectivity index (χ4n) is 2.95. The minimum absolute atomic E-state index is 0.0923. The fourth-order valence-corrected chi connectivity index (χ4v) is 2.95. The molecule has 1 heterocycles. The minimum atomic E-state index is -0.199.